The number of ketones is 1. The van der Waals surface area contributed by atoms with Crippen molar-refractivity contribution < 1.29 is 9.59 Å². The molecule has 1 N–H and O–H groups in total. The predicted octanol–water partition coefficient (Wildman–Crippen LogP) is 2.93. The standard InChI is InChI=1S/C15H19NO2S/c1-10(2)16-15(18)13-7-5-12(6-8-13)14(17)11(3)9-19-4/h5-8,10H,3,9H2,1-2,4H3,(H,16,18). The fraction of sp³-hybridized carbons (Fsp3) is 0.333. The van der Waals surface area contributed by atoms with Gasteiger partial charge in [-0.3, -0.25) is 9.59 Å². The molecule has 0 aromatic heterocycles. The van der Waals surface area contributed by atoms with Crippen LogP contribution in [0.5, 0.6) is 0 Å². The maximum atomic E-state index is 12.0. The highest BCUT2D eigenvalue weighted by Crippen LogP contribution is 2.12. The van der Waals surface area contributed by atoms with Gasteiger partial charge in [-0.1, -0.05) is 18.7 Å². The molecule has 1 amide bonds. The molecule has 102 valence electrons. The topological polar surface area (TPSA) is 46.2 Å². The molecule has 1 rings (SSSR count). The molecule has 1 aromatic carbocycles. The summed E-state index contributed by atoms with van der Waals surface area (Å²) in [4.78, 5) is 23.7. The largest absolute Gasteiger partial charge is 0.350 e. The Morgan fingerprint density at radius 1 is 1.21 bits per heavy atom. The summed E-state index contributed by atoms with van der Waals surface area (Å²) in [6.07, 6.45) is 1.93. The van der Waals surface area contributed by atoms with Crippen LogP contribution >= 0.6 is 11.8 Å². The Labute approximate surface area is 118 Å². The van der Waals surface area contributed by atoms with Gasteiger partial charge in [0.15, 0.2) is 5.78 Å². The number of amides is 1. The van der Waals surface area contributed by atoms with Crippen LogP contribution in [0.2, 0.25) is 0 Å². The lowest BCUT2D eigenvalue weighted by molar-refractivity contribution is 0.0941. The molecule has 0 heterocycles. The summed E-state index contributed by atoms with van der Waals surface area (Å²) in [5.74, 6) is 0.427. The van der Waals surface area contributed by atoms with Gasteiger partial charge in [-0.2, -0.15) is 11.8 Å². The summed E-state index contributed by atoms with van der Waals surface area (Å²) >= 11 is 1.56. The number of hydrogen-bond donors (Lipinski definition) is 1. The number of carbonyl (C=O) groups excluding carboxylic acids is 2. The molecular formula is C15H19NO2S. The lowest BCUT2D eigenvalue weighted by atomic mass is 10.0. The third-order valence-electron chi connectivity index (χ3n) is 2.47. The zero-order valence-electron chi connectivity index (χ0n) is 11.5. The second kappa shape index (κ2) is 7.14. The number of thioether (sulfide) groups is 1. The third-order valence-corrected chi connectivity index (χ3v) is 3.11. The zero-order chi connectivity index (χ0) is 14.4. The van der Waals surface area contributed by atoms with Gasteiger partial charge < -0.3 is 5.32 Å². The zero-order valence-corrected chi connectivity index (χ0v) is 12.3. The van der Waals surface area contributed by atoms with E-state index >= 15 is 0 Å². The first-order valence-corrected chi connectivity index (χ1v) is 7.47. The molecule has 4 heteroatoms. The van der Waals surface area contributed by atoms with Crippen LogP contribution in [0.25, 0.3) is 0 Å². The number of hydrogen-bond acceptors (Lipinski definition) is 3. The molecule has 0 aliphatic carbocycles. The fourth-order valence-corrected chi connectivity index (χ4v) is 2.04. The normalized spacial score (nSPS) is 10.3. The van der Waals surface area contributed by atoms with Gasteiger partial charge in [-0.25, -0.2) is 0 Å². The van der Waals surface area contributed by atoms with Gasteiger partial charge in [-0.15, -0.1) is 0 Å². The molecule has 0 fully saturated rings. The van der Waals surface area contributed by atoms with E-state index in [0.29, 0.717) is 22.5 Å². The van der Waals surface area contributed by atoms with Crippen LogP contribution in [0, 0.1) is 0 Å². The molecule has 0 aliphatic heterocycles. The molecule has 0 saturated carbocycles. The molecular weight excluding hydrogens is 258 g/mol. The van der Waals surface area contributed by atoms with Gasteiger partial charge in [0.25, 0.3) is 5.91 Å². The van der Waals surface area contributed by atoms with Crippen molar-refractivity contribution in [2.45, 2.75) is 19.9 Å². The maximum absolute atomic E-state index is 12.0. The van der Waals surface area contributed by atoms with E-state index in [0.717, 1.165) is 0 Å². The van der Waals surface area contributed by atoms with E-state index in [4.69, 9.17) is 0 Å². The van der Waals surface area contributed by atoms with Crippen molar-refractivity contribution in [3.05, 3.63) is 47.5 Å². The van der Waals surface area contributed by atoms with Crippen LogP contribution in [-0.4, -0.2) is 29.7 Å². The molecule has 19 heavy (non-hydrogen) atoms. The predicted molar refractivity (Wildman–Crippen MR) is 80.9 cm³/mol. The lowest BCUT2D eigenvalue weighted by Gasteiger charge is -2.09. The van der Waals surface area contributed by atoms with Gasteiger partial charge in [0.1, 0.15) is 0 Å². The van der Waals surface area contributed by atoms with Crippen LogP contribution in [-0.2, 0) is 0 Å². The smallest absolute Gasteiger partial charge is 0.251 e. The molecule has 0 saturated heterocycles. The number of benzene rings is 1. The van der Waals surface area contributed by atoms with Crippen molar-refractivity contribution in [2.75, 3.05) is 12.0 Å². The molecule has 0 bridgehead atoms. The van der Waals surface area contributed by atoms with Crippen LogP contribution < -0.4 is 5.32 Å². The average Bonchev–Trinajstić information content (AvgIpc) is 2.37. The Balaban J connectivity index is 2.79. The molecule has 0 spiro atoms. The second-order valence-electron chi connectivity index (χ2n) is 4.57. The summed E-state index contributed by atoms with van der Waals surface area (Å²) in [6, 6.07) is 6.76. The Morgan fingerprint density at radius 3 is 2.21 bits per heavy atom. The molecule has 0 atom stereocenters. The quantitative estimate of drug-likeness (QED) is 0.642. The minimum atomic E-state index is -0.128. The molecule has 0 aliphatic rings. The number of rotatable bonds is 6. The minimum absolute atomic E-state index is 0.0647. The number of carbonyl (C=O) groups is 2. The molecule has 0 radical (unpaired) electrons. The van der Waals surface area contributed by atoms with Gasteiger partial charge in [0, 0.05) is 28.5 Å². The summed E-state index contributed by atoms with van der Waals surface area (Å²) < 4.78 is 0. The van der Waals surface area contributed by atoms with Crippen molar-refractivity contribution in [2.24, 2.45) is 0 Å². The van der Waals surface area contributed by atoms with Crippen molar-refractivity contribution >= 4 is 23.5 Å². The van der Waals surface area contributed by atoms with E-state index < -0.39 is 0 Å². The monoisotopic (exact) mass is 277 g/mol. The van der Waals surface area contributed by atoms with Crippen LogP contribution in [0.1, 0.15) is 34.6 Å². The molecule has 3 nitrogen and oxygen atoms in total. The third kappa shape index (κ3) is 4.56. The van der Waals surface area contributed by atoms with Crippen molar-refractivity contribution in [3.8, 4) is 0 Å². The Bertz CT molecular complexity index is 477. The number of nitrogens with one attached hydrogen (secondary N) is 1. The van der Waals surface area contributed by atoms with E-state index in [1.165, 1.54) is 0 Å². The fourth-order valence-electron chi connectivity index (χ4n) is 1.56. The maximum Gasteiger partial charge on any atom is 0.251 e. The van der Waals surface area contributed by atoms with Crippen LogP contribution in [0.15, 0.2) is 36.4 Å². The summed E-state index contributed by atoms with van der Waals surface area (Å²) in [5.41, 5.74) is 1.70. The van der Waals surface area contributed by atoms with Gasteiger partial charge in [0.05, 0.1) is 0 Å². The lowest BCUT2D eigenvalue weighted by Crippen LogP contribution is -2.30. The summed E-state index contributed by atoms with van der Waals surface area (Å²) in [6.45, 7) is 7.58. The van der Waals surface area contributed by atoms with Crippen LogP contribution in [0.4, 0.5) is 0 Å². The van der Waals surface area contributed by atoms with E-state index in [2.05, 4.69) is 11.9 Å². The summed E-state index contributed by atoms with van der Waals surface area (Å²) in [7, 11) is 0. The van der Waals surface area contributed by atoms with Crippen molar-refractivity contribution in [1.82, 2.24) is 5.32 Å². The first-order valence-electron chi connectivity index (χ1n) is 6.08. The van der Waals surface area contributed by atoms with Crippen LogP contribution in [0.3, 0.4) is 0 Å². The Hall–Kier alpha value is -1.55. The van der Waals surface area contributed by atoms with Gasteiger partial charge in [-0.05, 0) is 32.2 Å². The summed E-state index contributed by atoms with van der Waals surface area (Å²) in [5, 5.41) is 2.81. The highest BCUT2D eigenvalue weighted by molar-refractivity contribution is 7.98. The van der Waals surface area contributed by atoms with E-state index in [-0.39, 0.29) is 17.7 Å². The van der Waals surface area contributed by atoms with Crippen molar-refractivity contribution in [3.63, 3.8) is 0 Å². The SMILES string of the molecule is C=C(CSC)C(=O)c1ccc(C(=O)NC(C)C)cc1. The second-order valence-corrected chi connectivity index (χ2v) is 5.44. The highest BCUT2D eigenvalue weighted by Gasteiger charge is 2.11. The van der Waals surface area contributed by atoms with Gasteiger partial charge in [0.2, 0.25) is 0 Å². The Kier molecular flexibility index (Phi) is 5.83. The average molecular weight is 277 g/mol. The minimum Gasteiger partial charge on any atom is -0.350 e. The highest BCUT2D eigenvalue weighted by atomic mass is 32.2. The first-order chi connectivity index (χ1) is 8.95. The molecule has 0 unspecified atom stereocenters. The van der Waals surface area contributed by atoms with E-state index in [1.54, 1.807) is 36.0 Å². The van der Waals surface area contributed by atoms with E-state index in [9.17, 15) is 9.59 Å². The van der Waals surface area contributed by atoms with Crippen molar-refractivity contribution in [1.29, 1.82) is 0 Å². The Morgan fingerprint density at radius 2 is 1.74 bits per heavy atom. The molecule has 1 aromatic rings. The van der Waals surface area contributed by atoms with E-state index in [1.807, 2.05) is 20.1 Å². The first kappa shape index (κ1) is 15.5. The van der Waals surface area contributed by atoms with Gasteiger partial charge >= 0.3 is 0 Å². The number of Topliss-reactive ketones (excluding diaryl/α,β-unsaturated/α-hetero) is 1.